The number of benzene rings is 3. The molecule has 0 spiro atoms. The van der Waals surface area contributed by atoms with Crippen molar-refractivity contribution in [1.29, 1.82) is 0 Å². The lowest BCUT2D eigenvalue weighted by atomic mass is 10.1. The Morgan fingerprint density at radius 1 is 0.929 bits per heavy atom. The van der Waals surface area contributed by atoms with Crippen LogP contribution in [0.15, 0.2) is 65.8 Å². The average molecular weight is 377 g/mol. The maximum atomic E-state index is 12.1. The van der Waals surface area contributed by atoms with Crippen molar-refractivity contribution >= 4 is 28.1 Å². The van der Waals surface area contributed by atoms with Crippen LogP contribution in [0.5, 0.6) is 11.5 Å². The summed E-state index contributed by atoms with van der Waals surface area (Å²) in [6.07, 6.45) is 0. The zero-order valence-electron chi connectivity index (χ0n) is 16.2. The number of rotatable bonds is 7. The number of carbonyl (C=O) groups is 1. The summed E-state index contributed by atoms with van der Waals surface area (Å²) < 4.78 is 10.5. The highest BCUT2D eigenvalue weighted by Crippen LogP contribution is 2.27. The zero-order chi connectivity index (χ0) is 19.9. The minimum absolute atomic E-state index is 0.126. The Hall–Kier alpha value is -3.54. The SMILES string of the molecule is COc1ccc(/C(C)=N/NC(=O)CNc2ccc3ccccc3c2)cc1OC. The van der Waals surface area contributed by atoms with E-state index in [-0.39, 0.29) is 12.5 Å². The normalized spacial score (nSPS) is 11.2. The van der Waals surface area contributed by atoms with E-state index >= 15 is 0 Å². The van der Waals surface area contributed by atoms with Gasteiger partial charge in [-0.05, 0) is 48.0 Å². The van der Waals surface area contributed by atoms with E-state index in [2.05, 4.69) is 21.9 Å². The smallest absolute Gasteiger partial charge is 0.259 e. The van der Waals surface area contributed by atoms with E-state index in [1.54, 1.807) is 20.3 Å². The minimum Gasteiger partial charge on any atom is -0.493 e. The molecule has 0 unspecified atom stereocenters. The molecule has 6 nitrogen and oxygen atoms in total. The summed E-state index contributed by atoms with van der Waals surface area (Å²) in [6, 6.07) is 19.6. The number of hydrazone groups is 1. The maximum Gasteiger partial charge on any atom is 0.259 e. The standard InChI is InChI=1S/C22H23N3O3/c1-15(17-9-11-20(27-2)21(13-17)28-3)24-25-22(26)14-23-19-10-8-16-6-4-5-7-18(16)12-19/h4-13,23H,14H2,1-3H3,(H,25,26)/b24-15+. The van der Waals surface area contributed by atoms with E-state index in [0.29, 0.717) is 17.2 Å². The van der Waals surface area contributed by atoms with Crippen LogP contribution in [-0.4, -0.2) is 32.4 Å². The summed E-state index contributed by atoms with van der Waals surface area (Å²) in [4.78, 5) is 12.1. The predicted molar refractivity (Wildman–Crippen MR) is 112 cm³/mol. The van der Waals surface area contributed by atoms with Crippen molar-refractivity contribution in [2.75, 3.05) is 26.1 Å². The molecular formula is C22H23N3O3. The molecule has 0 bridgehead atoms. The van der Waals surface area contributed by atoms with Crippen LogP contribution in [0.4, 0.5) is 5.69 Å². The van der Waals surface area contributed by atoms with Crippen LogP contribution < -0.4 is 20.2 Å². The number of ether oxygens (including phenoxy) is 2. The Bertz CT molecular complexity index is 1010. The van der Waals surface area contributed by atoms with Crippen molar-refractivity contribution in [1.82, 2.24) is 5.43 Å². The van der Waals surface area contributed by atoms with Gasteiger partial charge in [-0.3, -0.25) is 4.79 Å². The van der Waals surface area contributed by atoms with E-state index in [0.717, 1.165) is 22.0 Å². The second-order valence-electron chi connectivity index (χ2n) is 6.22. The number of hydrogen-bond acceptors (Lipinski definition) is 5. The fraction of sp³-hybridized carbons (Fsp3) is 0.182. The van der Waals surface area contributed by atoms with Crippen LogP contribution >= 0.6 is 0 Å². The Morgan fingerprint density at radius 2 is 1.68 bits per heavy atom. The van der Waals surface area contributed by atoms with E-state index in [4.69, 9.17) is 9.47 Å². The first-order valence-electron chi connectivity index (χ1n) is 8.89. The van der Waals surface area contributed by atoms with Crippen molar-refractivity contribution in [2.24, 2.45) is 5.10 Å². The van der Waals surface area contributed by atoms with Crippen molar-refractivity contribution in [3.8, 4) is 11.5 Å². The summed E-state index contributed by atoms with van der Waals surface area (Å²) in [5.41, 5.74) is 4.95. The molecule has 6 heteroatoms. The third-order valence-corrected chi connectivity index (χ3v) is 4.35. The lowest BCUT2D eigenvalue weighted by molar-refractivity contribution is -0.119. The van der Waals surface area contributed by atoms with Crippen molar-refractivity contribution < 1.29 is 14.3 Å². The molecular weight excluding hydrogens is 354 g/mol. The first-order chi connectivity index (χ1) is 13.6. The molecule has 144 valence electrons. The average Bonchev–Trinajstić information content (AvgIpc) is 2.75. The quantitative estimate of drug-likeness (QED) is 0.485. The summed E-state index contributed by atoms with van der Waals surface area (Å²) >= 11 is 0. The van der Waals surface area contributed by atoms with Gasteiger partial charge in [-0.15, -0.1) is 0 Å². The number of amides is 1. The second-order valence-corrected chi connectivity index (χ2v) is 6.22. The van der Waals surface area contributed by atoms with Crippen molar-refractivity contribution in [3.63, 3.8) is 0 Å². The fourth-order valence-corrected chi connectivity index (χ4v) is 2.79. The number of hydrogen-bond donors (Lipinski definition) is 2. The third kappa shape index (κ3) is 4.59. The lowest BCUT2D eigenvalue weighted by Crippen LogP contribution is -2.26. The van der Waals surface area contributed by atoms with Gasteiger partial charge < -0.3 is 14.8 Å². The number of nitrogens with zero attached hydrogens (tertiary/aromatic N) is 1. The van der Waals surface area contributed by atoms with Crippen LogP contribution in [-0.2, 0) is 4.79 Å². The van der Waals surface area contributed by atoms with Gasteiger partial charge in [0.25, 0.3) is 5.91 Å². The minimum atomic E-state index is -0.229. The van der Waals surface area contributed by atoms with Crippen molar-refractivity contribution in [3.05, 3.63) is 66.2 Å². The van der Waals surface area contributed by atoms with Crippen LogP contribution in [0.2, 0.25) is 0 Å². The molecule has 3 rings (SSSR count). The first-order valence-corrected chi connectivity index (χ1v) is 8.89. The number of anilines is 1. The van der Waals surface area contributed by atoms with Gasteiger partial charge in [0.2, 0.25) is 0 Å². The lowest BCUT2D eigenvalue weighted by Gasteiger charge is -2.10. The van der Waals surface area contributed by atoms with Crippen LogP contribution in [0, 0.1) is 0 Å². The predicted octanol–water partition coefficient (Wildman–Crippen LogP) is 3.81. The largest absolute Gasteiger partial charge is 0.493 e. The number of nitrogens with one attached hydrogen (secondary N) is 2. The highest BCUT2D eigenvalue weighted by molar-refractivity contribution is 6.00. The van der Waals surface area contributed by atoms with E-state index < -0.39 is 0 Å². The molecule has 0 saturated heterocycles. The zero-order valence-corrected chi connectivity index (χ0v) is 16.2. The van der Waals surface area contributed by atoms with Crippen LogP contribution in [0.25, 0.3) is 10.8 Å². The molecule has 0 aromatic heterocycles. The van der Waals surface area contributed by atoms with Gasteiger partial charge in [0.05, 0.1) is 26.5 Å². The molecule has 28 heavy (non-hydrogen) atoms. The molecule has 0 aliphatic carbocycles. The topological polar surface area (TPSA) is 72.0 Å². The summed E-state index contributed by atoms with van der Waals surface area (Å²) in [7, 11) is 3.16. The van der Waals surface area contributed by atoms with E-state index in [1.165, 1.54) is 0 Å². The molecule has 0 radical (unpaired) electrons. The van der Waals surface area contributed by atoms with Gasteiger partial charge >= 0.3 is 0 Å². The molecule has 1 amide bonds. The maximum absolute atomic E-state index is 12.1. The summed E-state index contributed by atoms with van der Waals surface area (Å²) in [6.45, 7) is 1.94. The molecule has 3 aromatic carbocycles. The Labute approximate surface area is 164 Å². The Morgan fingerprint density at radius 3 is 2.43 bits per heavy atom. The van der Waals surface area contributed by atoms with Gasteiger partial charge in [0.1, 0.15) is 0 Å². The molecule has 0 atom stereocenters. The highest BCUT2D eigenvalue weighted by atomic mass is 16.5. The number of fused-ring (bicyclic) bond motifs is 1. The van der Waals surface area contributed by atoms with Gasteiger partial charge in [0, 0.05) is 11.3 Å². The monoisotopic (exact) mass is 377 g/mol. The molecule has 2 N–H and O–H groups in total. The number of carbonyl (C=O) groups excluding carboxylic acids is 1. The van der Waals surface area contributed by atoms with Gasteiger partial charge in [-0.25, -0.2) is 5.43 Å². The molecule has 0 heterocycles. The van der Waals surface area contributed by atoms with Crippen molar-refractivity contribution in [2.45, 2.75) is 6.92 Å². The molecule has 0 aliphatic heterocycles. The highest BCUT2D eigenvalue weighted by Gasteiger charge is 2.07. The first kappa shape index (κ1) is 19.2. The second kappa shape index (κ2) is 8.90. The van der Waals surface area contributed by atoms with E-state index in [1.807, 2.05) is 55.5 Å². The van der Waals surface area contributed by atoms with Gasteiger partial charge in [-0.2, -0.15) is 5.10 Å². The summed E-state index contributed by atoms with van der Waals surface area (Å²) in [5, 5.41) is 9.56. The molecule has 0 fully saturated rings. The third-order valence-electron chi connectivity index (χ3n) is 4.35. The Balaban J connectivity index is 1.59. The van der Waals surface area contributed by atoms with Gasteiger partial charge in [0.15, 0.2) is 11.5 Å². The van der Waals surface area contributed by atoms with Crippen LogP contribution in [0.3, 0.4) is 0 Å². The summed E-state index contributed by atoms with van der Waals surface area (Å²) in [5.74, 6) is 1.02. The molecule has 3 aromatic rings. The molecule has 0 aliphatic rings. The van der Waals surface area contributed by atoms with Crippen LogP contribution in [0.1, 0.15) is 12.5 Å². The van der Waals surface area contributed by atoms with Gasteiger partial charge in [-0.1, -0.05) is 30.3 Å². The fourth-order valence-electron chi connectivity index (χ4n) is 2.79. The number of methoxy groups -OCH3 is 2. The Kier molecular flexibility index (Phi) is 6.11. The molecule has 0 saturated carbocycles. The van der Waals surface area contributed by atoms with E-state index in [9.17, 15) is 4.79 Å².